The van der Waals surface area contributed by atoms with Crippen LogP contribution < -0.4 is 0 Å². The molecular formula is C19H25NO5. The standard InChI is InChI=1S/C19H25NO5/c1-13(18(21)23-2)20-25-12-16-6-4-5-7-17(16)14-8-10-15(11-9-14)19(22)24-3/h8-11,16-17H,4-7,12H2,1-3H3/b20-13+. The van der Waals surface area contributed by atoms with Crippen molar-refractivity contribution in [2.24, 2.45) is 11.1 Å². The van der Waals surface area contributed by atoms with E-state index in [1.165, 1.54) is 26.2 Å². The van der Waals surface area contributed by atoms with Crippen LogP contribution in [-0.4, -0.2) is 38.5 Å². The molecule has 0 N–H and O–H groups in total. The van der Waals surface area contributed by atoms with Crippen LogP contribution in [0.1, 0.15) is 54.4 Å². The number of carbonyl (C=O) groups excluding carboxylic acids is 2. The quantitative estimate of drug-likeness (QED) is 0.448. The molecule has 0 bridgehead atoms. The van der Waals surface area contributed by atoms with E-state index in [1.54, 1.807) is 19.1 Å². The van der Waals surface area contributed by atoms with Crippen molar-refractivity contribution in [3.8, 4) is 0 Å². The van der Waals surface area contributed by atoms with Crippen molar-refractivity contribution < 1.29 is 23.9 Å². The summed E-state index contributed by atoms with van der Waals surface area (Å²) in [5.74, 6) is -0.137. The lowest BCUT2D eigenvalue weighted by molar-refractivity contribution is -0.133. The highest BCUT2D eigenvalue weighted by molar-refractivity contribution is 6.35. The molecule has 2 unspecified atom stereocenters. The molecular weight excluding hydrogens is 322 g/mol. The van der Waals surface area contributed by atoms with Crippen molar-refractivity contribution in [2.75, 3.05) is 20.8 Å². The Morgan fingerprint density at radius 2 is 1.76 bits per heavy atom. The van der Waals surface area contributed by atoms with Crippen molar-refractivity contribution in [1.82, 2.24) is 0 Å². The summed E-state index contributed by atoms with van der Waals surface area (Å²) in [7, 11) is 2.69. The van der Waals surface area contributed by atoms with Crippen LogP contribution in [0.3, 0.4) is 0 Å². The third-order valence-electron chi connectivity index (χ3n) is 4.64. The molecule has 1 saturated carbocycles. The highest BCUT2D eigenvalue weighted by atomic mass is 16.6. The molecule has 0 aromatic heterocycles. The van der Waals surface area contributed by atoms with Crippen molar-refractivity contribution in [3.63, 3.8) is 0 Å². The van der Waals surface area contributed by atoms with E-state index in [-0.39, 0.29) is 11.7 Å². The van der Waals surface area contributed by atoms with Crippen LogP contribution in [0.25, 0.3) is 0 Å². The minimum atomic E-state index is -0.487. The lowest BCUT2D eigenvalue weighted by Crippen LogP contribution is -2.22. The van der Waals surface area contributed by atoms with Crippen LogP contribution in [0.5, 0.6) is 0 Å². The number of nitrogens with zero attached hydrogens (tertiary/aromatic N) is 1. The number of benzene rings is 1. The number of carbonyl (C=O) groups is 2. The summed E-state index contributed by atoms with van der Waals surface area (Å²) in [6.07, 6.45) is 4.45. The summed E-state index contributed by atoms with van der Waals surface area (Å²) in [6, 6.07) is 7.57. The molecule has 136 valence electrons. The predicted octanol–water partition coefficient (Wildman–Crippen LogP) is 3.31. The Hall–Kier alpha value is -2.37. The Morgan fingerprint density at radius 1 is 1.08 bits per heavy atom. The molecule has 1 aliphatic carbocycles. The summed E-state index contributed by atoms with van der Waals surface area (Å²) in [5.41, 5.74) is 1.94. The maximum atomic E-state index is 11.6. The molecule has 1 fully saturated rings. The molecule has 1 aliphatic rings. The van der Waals surface area contributed by atoms with E-state index in [1.807, 2.05) is 12.1 Å². The number of methoxy groups -OCH3 is 2. The van der Waals surface area contributed by atoms with Gasteiger partial charge >= 0.3 is 11.9 Å². The van der Waals surface area contributed by atoms with Gasteiger partial charge in [-0.1, -0.05) is 30.1 Å². The highest BCUT2D eigenvalue weighted by Gasteiger charge is 2.27. The fourth-order valence-electron chi connectivity index (χ4n) is 3.25. The molecule has 0 spiro atoms. The first-order valence-electron chi connectivity index (χ1n) is 8.50. The van der Waals surface area contributed by atoms with Gasteiger partial charge in [-0.2, -0.15) is 0 Å². The van der Waals surface area contributed by atoms with Gasteiger partial charge in [0.05, 0.1) is 19.8 Å². The first kappa shape index (κ1) is 19.0. The van der Waals surface area contributed by atoms with Gasteiger partial charge in [-0.25, -0.2) is 9.59 Å². The first-order chi connectivity index (χ1) is 12.1. The topological polar surface area (TPSA) is 74.2 Å². The van der Waals surface area contributed by atoms with E-state index >= 15 is 0 Å². The summed E-state index contributed by atoms with van der Waals surface area (Å²) < 4.78 is 9.33. The van der Waals surface area contributed by atoms with Gasteiger partial charge in [0.1, 0.15) is 6.61 Å². The third-order valence-corrected chi connectivity index (χ3v) is 4.64. The second-order valence-electron chi connectivity index (χ2n) is 6.23. The van der Waals surface area contributed by atoms with Gasteiger partial charge < -0.3 is 14.3 Å². The van der Waals surface area contributed by atoms with Crippen molar-refractivity contribution >= 4 is 17.7 Å². The summed E-state index contributed by atoms with van der Waals surface area (Å²) >= 11 is 0. The van der Waals surface area contributed by atoms with E-state index in [2.05, 4.69) is 9.89 Å². The molecule has 2 atom stereocenters. The average molecular weight is 347 g/mol. The minimum Gasteiger partial charge on any atom is -0.465 e. The summed E-state index contributed by atoms with van der Waals surface area (Å²) in [5, 5.41) is 3.85. The number of esters is 2. The summed E-state index contributed by atoms with van der Waals surface area (Å²) in [6.45, 7) is 2.02. The molecule has 0 radical (unpaired) electrons. The van der Waals surface area contributed by atoms with Gasteiger partial charge in [0, 0.05) is 5.92 Å². The predicted molar refractivity (Wildman–Crippen MR) is 93.6 cm³/mol. The zero-order valence-corrected chi connectivity index (χ0v) is 15.0. The van der Waals surface area contributed by atoms with Gasteiger partial charge in [0.15, 0.2) is 5.71 Å². The Morgan fingerprint density at radius 3 is 2.40 bits per heavy atom. The van der Waals surface area contributed by atoms with Crippen molar-refractivity contribution in [3.05, 3.63) is 35.4 Å². The Balaban J connectivity index is 2.02. The van der Waals surface area contributed by atoms with Gasteiger partial charge in [0.2, 0.25) is 0 Å². The largest absolute Gasteiger partial charge is 0.465 e. The van der Waals surface area contributed by atoms with Gasteiger partial charge in [-0.3, -0.25) is 0 Å². The van der Waals surface area contributed by atoms with Gasteiger partial charge in [-0.05, 0) is 43.4 Å². The van der Waals surface area contributed by atoms with Crippen LogP contribution in [0, 0.1) is 5.92 Å². The number of oxime groups is 1. The SMILES string of the molecule is COC(=O)/C(C)=N/OCC1CCCCC1c1ccc(C(=O)OC)cc1. The molecule has 1 aromatic carbocycles. The number of rotatable bonds is 6. The monoisotopic (exact) mass is 347 g/mol. The Kier molecular flexibility index (Phi) is 6.98. The number of ether oxygens (including phenoxy) is 2. The van der Waals surface area contributed by atoms with E-state index in [0.717, 1.165) is 19.3 Å². The van der Waals surface area contributed by atoms with Crippen LogP contribution in [0.15, 0.2) is 29.4 Å². The molecule has 0 amide bonds. The highest BCUT2D eigenvalue weighted by Crippen LogP contribution is 2.38. The number of hydrogen-bond donors (Lipinski definition) is 0. The normalized spacial score (nSPS) is 20.7. The fraction of sp³-hybridized carbons (Fsp3) is 0.526. The van der Waals surface area contributed by atoms with E-state index in [9.17, 15) is 9.59 Å². The molecule has 2 rings (SSSR count). The third kappa shape index (κ3) is 5.05. The lowest BCUT2D eigenvalue weighted by Gasteiger charge is -2.31. The first-order valence-corrected chi connectivity index (χ1v) is 8.50. The Bertz CT molecular complexity index is 623. The minimum absolute atomic E-state index is 0.206. The molecule has 0 aliphatic heterocycles. The van der Waals surface area contributed by atoms with E-state index in [0.29, 0.717) is 24.0 Å². The molecule has 6 heteroatoms. The van der Waals surface area contributed by atoms with Crippen molar-refractivity contribution in [2.45, 2.75) is 38.5 Å². The molecule has 1 aromatic rings. The maximum absolute atomic E-state index is 11.6. The molecule has 6 nitrogen and oxygen atoms in total. The van der Waals surface area contributed by atoms with Gasteiger partial charge in [0.25, 0.3) is 0 Å². The molecule has 25 heavy (non-hydrogen) atoms. The zero-order chi connectivity index (χ0) is 18.2. The maximum Gasteiger partial charge on any atom is 0.355 e. The van der Waals surface area contributed by atoms with Crippen LogP contribution >= 0.6 is 0 Å². The Labute approximate surface area is 148 Å². The molecule has 0 saturated heterocycles. The van der Waals surface area contributed by atoms with Crippen molar-refractivity contribution in [1.29, 1.82) is 0 Å². The fourth-order valence-corrected chi connectivity index (χ4v) is 3.25. The second kappa shape index (κ2) is 9.20. The van der Waals surface area contributed by atoms with E-state index < -0.39 is 5.97 Å². The second-order valence-corrected chi connectivity index (χ2v) is 6.23. The van der Waals surface area contributed by atoms with Gasteiger partial charge in [-0.15, -0.1) is 0 Å². The summed E-state index contributed by atoms with van der Waals surface area (Å²) in [4.78, 5) is 28.3. The van der Waals surface area contributed by atoms with Crippen LogP contribution in [0.4, 0.5) is 0 Å². The average Bonchev–Trinajstić information content (AvgIpc) is 2.67. The van der Waals surface area contributed by atoms with Crippen LogP contribution in [-0.2, 0) is 19.1 Å². The van der Waals surface area contributed by atoms with Crippen LogP contribution in [0.2, 0.25) is 0 Å². The zero-order valence-electron chi connectivity index (χ0n) is 15.0. The lowest BCUT2D eigenvalue weighted by atomic mass is 9.76. The van der Waals surface area contributed by atoms with E-state index in [4.69, 9.17) is 9.57 Å². The molecule has 0 heterocycles. The smallest absolute Gasteiger partial charge is 0.355 e. The number of hydrogen-bond acceptors (Lipinski definition) is 6.